The average Bonchev–Trinajstić information content (AvgIpc) is 2.29. The molecule has 1 aliphatic heterocycles. The normalized spacial score (nSPS) is 24.4. The summed E-state index contributed by atoms with van der Waals surface area (Å²) in [6.07, 6.45) is 1.14. The van der Waals surface area contributed by atoms with E-state index in [1.165, 1.54) is 12.5 Å². The van der Waals surface area contributed by atoms with Crippen molar-refractivity contribution in [2.45, 2.75) is 26.2 Å². The first kappa shape index (κ1) is 12.1. The van der Waals surface area contributed by atoms with Crippen molar-refractivity contribution < 1.29 is 9.53 Å². The molecule has 1 saturated heterocycles. The molecule has 0 amide bonds. The topological polar surface area (TPSA) is 38.3 Å². The van der Waals surface area contributed by atoms with Crippen LogP contribution in [-0.4, -0.2) is 19.1 Å². The summed E-state index contributed by atoms with van der Waals surface area (Å²) < 4.78 is 5.13. The summed E-state index contributed by atoms with van der Waals surface area (Å²) in [6, 6.07) is 7.91. The number of ether oxygens (including phenoxy) is 1. The lowest BCUT2D eigenvalue weighted by Gasteiger charge is -2.30. The highest BCUT2D eigenvalue weighted by molar-refractivity contribution is 5.69. The van der Waals surface area contributed by atoms with Crippen LogP contribution in [0.15, 0.2) is 24.3 Å². The van der Waals surface area contributed by atoms with Crippen LogP contribution in [0.1, 0.15) is 31.7 Å². The second-order valence-corrected chi connectivity index (χ2v) is 4.74. The van der Waals surface area contributed by atoms with Gasteiger partial charge in [-0.1, -0.05) is 19.1 Å². The van der Waals surface area contributed by atoms with Gasteiger partial charge in [-0.2, -0.15) is 0 Å². The van der Waals surface area contributed by atoms with Crippen molar-refractivity contribution in [1.82, 2.24) is 5.32 Å². The molecule has 1 heterocycles. The number of piperidine rings is 1. The van der Waals surface area contributed by atoms with Crippen molar-refractivity contribution in [2.75, 3.05) is 13.1 Å². The highest BCUT2D eigenvalue weighted by Gasteiger charge is 2.22. The van der Waals surface area contributed by atoms with Gasteiger partial charge in [0.15, 0.2) is 0 Å². The summed E-state index contributed by atoms with van der Waals surface area (Å²) in [5.74, 6) is 1.57. The SMILES string of the molecule is CC(=O)Oc1cccc([C@H]2CCNC[C@@H]2C)c1. The van der Waals surface area contributed by atoms with E-state index in [2.05, 4.69) is 18.3 Å². The maximum Gasteiger partial charge on any atom is 0.308 e. The molecular formula is C14H19NO2. The minimum absolute atomic E-state index is 0.263. The van der Waals surface area contributed by atoms with Crippen molar-refractivity contribution in [3.05, 3.63) is 29.8 Å². The number of carbonyl (C=O) groups excluding carboxylic acids is 1. The first-order chi connectivity index (χ1) is 8.16. The predicted octanol–water partition coefficient (Wildman–Crippen LogP) is 2.32. The van der Waals surface area contributed by atoms with Gasteiger partial charge in [-0.05, 0) is 49.0 Å². The van der Waals surface area contributed by atoms with Gasteiger partial charge in [-0.3, -0.25) is 4.79 Å². The fourth-order valence-corrected chi connectivity index (χ4v) is 2.48. The summed E-state index contributed by atoms with van der Waals surface area (Å²) in [5, 5.41) is 3.40. The van der Waals surface area contributed by atoms with Gasteiger partial charge in [0.25, 0.3) is 0 Å². The van der Waals surface area contributed by atoms with Gasteiger partial charge >= 0.3 is 5.97 Å². The predicted molar refractivity (Wildman–Crippen MR) is 67.1 cm³/mol. The lowest BCUT2D eigenvalue weighted by atomic mass is 9.82. The Bertz CT molecular complexity index is 403. The smallest absolute Gasteiger partial charge is 0.308 e. The Morgan fingerprint density at radius 2 is 2.29 bits per heavy atom. The summed E-state index contributed by atoms with van der Waals surface area (Å²) in [4.78, 5) is 10.9. The summed E-state index contributed by atoms with van der Waals surface area (Å²) in [7, 11) is 0. The van der Waals surface area contributed by atoms with Gasteiger partial charge in [0, 0.05) is 6.92 Å². The summed E-state index contributed by atoms with van der Waals surface area (Å²) in [5.41, 5.74) is 1.28. The molecule has 3 heteroatoms. The van der Waals surface area contributed by atoms with Gasteiger partial charge in [0.1, 0.15) is 5.75 Å². The van der Waals surface area contributed by atoms with Crippen LogP contribution in [0.5, 0.6) is 5.75 Å². The van der Waals surface area contributed by atoms with Gasteiger partial charge in [0.2, 0.25) is 0 Å². The zero-order valence-electron chi connectivity index (χ0n) is 10.4. The minimum atomic E-state index is -0.263. The van der Waals surface area contributed by atoms with Crippen LogP contribution >= 0.6 is 0 Å². The Morgan fingerprint density at radius 3 is 3.00 bits per heavy atom. The number of hydrogen-bond donors (Lipinski definition) is 1. The lowest BCUT2D eigenvalue weighted by Crippen LogP contribution is -2.33. The van der Waals surface area contributed by atoms with Gasteiger partial charge in [-0.25, -0.2) is 0 Å². The number of nitrogens with one attached hydrogen (secondary N) is 1. The Balaban J connectivity index is 2.17. The van der Waals surface area contributed by atoms with Crippen molar-refractivity contribution in [3.63, 3.8) is 0 Å². The number of carbonyl (C=O) groups is 1. The molecule has 2 atom stereocenters. The van der Waals surface area contributed by atoms with Crippen LogP contribution in [-0.2, 0) is 4.79 Å². The molecule has 1 aromatic carbocycles. The Kier molecular flexibility index (Phi) is 3.79. The maximum atomic E-state index is 10.9. The number of hydrogen-bond acceptors (Lipinski definition) is 3. The summed E-state index contributed by atoms with van der Waals surface area (Å²) in [6.45, 7) is 5.81. The Morgan fingerprint density at radius 1 is 1.47 bits per heavy atom. The second-order valence-electron chi connectivity index (χ2n) is 4.74. The number of benzene rings is 1. The fraction of sp³-hybridized carbons (Fsp3) is 0.500. The molecule has 1 aliphatic rings. The molecule has 1 N–H and O–H groups in total. The molecule has 2 rings (SSSR count). The van der Waals surface area contributed by atoms with Gasteiger partial charge < -0.3 is 10.1 Å². The van der Waals surface area contributed by atoms with Gasteiger partial charge in [-0.15, -0.1) is 0 Å². The standard InChI is InChI=1S/C14H19NO2/c1-10-9-15-7-6-14(10)12-4-3-5-13(8-12)17-11(2)16/h3-5,8,10,14-15H,6-7,9H2,1-2H3/t10-,14-/m0/s1. The average molecular weight is 233 g/mol. The van der Waals surface area contributed by atoms with E-state index in [1.54, 1.807) is 0 Å². The molecule has 92 valence electrons. The fourth-order valence-electron chi connectivity index (χ4n) is 2.48. The highest BCUT2D eigenvalue weighted by atomic mass is 16.5. The zero-order chi connectivity index (χ0) is 12.3. The third-order valence-corrected chi connectivity index (χ3v) is 3.33. The van der Waals surface area contributed by atoms with E-state index in [0.29, 0.717) is 17.6 Å². The largest absolute Gasteiger partial charge is 0.427 e. The van der Waals surface area contributed by atoms with Crippen molar-refractivity contribution in [3.8, 4) is 5.75 Å². The molecule has 0 bridgehead atoms. The molecule has 17 heavy (non-hydrogen) atoms. The minimum Gasteiger partial charge on any atom is -0.427 e. The van der Waals surface area contributed by atoms with E-state index in [9.17, 15) is 4.79 Å². The molecule has 0 unspecified atom stereocenters. The number of esters is 1. The van der Waals surface area contributed by atoms with E-state index >= 15 is 0 Å². The van der Waals surface area contributed by atoms with Crippen molar-refractivity contribution >= 4 is 5.97 Å². The first-order valence-electron chi connectivity index (χ1n) is 6.16. The molecule has 0 aromatic heterocycles. The van der Waals surface area contributed by atoms with E-state index in [0.717, 1.165) is 19.5 Å². The van der Waals surface area contributed by atoms with E-state index in [4.69, 9.17) is 4.74 Å². The quantitative estimate of drug-likeness (QED) is 0.629. The van der Waals surface area contributed by atoms with Crippen molar-refractivity contribution in [2.24, 2.45) is 5.92 Å². The van der Waals surface area contributed by atoms with E-state index < -0.39 is 0 Å². The van der Waals surface area contributed by atoms with Crippen LogP contribution in [0, 0.1) is 5.92 Å². The molecular weight excluding hydrogens is 214 g/mol. The monoisotopic (exact) mass is 233 g/mol. The third kappa shape index (κ3) is 3.07. The maximum absolute atomic E-state index is 10.9. The van der Waals surface area contributed by atoms with Crippen LogP contribution < -0.4 is 10.1 Å². The van der Waals surface area contributed by atoms with E-state index in [1.807, 2.05) is 18.2 Å². The van der Waals surface area contributed by atoms with E-state index in [-0.39, 0.29) is 5.97 Å². The highest BCUT2D eigenvalue weighted by Crippen LogP contribution is 2.31. The second kappa shape index (κ2) is 5.32. The lowest BCUT2D eigenvalue weighted by molar-refractivity contribution is -0.131. The summed E-state index contributed by atoms with van der Waals surface area (Å²) >= 11 is 0. The Hall–Kier alpha value is -1.35. The van der Waals surface area contributed by atoms with Gasteiger partial charge in [0.05, 0.1) is 0 Å². The number of rotatable bonds is 2. The third-order valence-electron chi connectivity index (χ3n) is 3.33. The molecule has 1 aromatic rings. The van der Waals surface area contributed by atoms with Crippen LogP contribution in [0.4, 0.5) is 0 Å². The van der Waals surface area contributed by atoms with Crippen molar-refractivity contribution in [1.29, 1.82) is 0 Å². The Labute approximate surface area is 102 Å². The first-order valence-corrected chi connectivity index (χ1v) is 6.16. The van der Waals surface area contributed by atoms with Crippen LogP contribution in [0.25, 0.3) is 0 Å². The van der Waals surface area contributed by atoms with Crippen LogP contribution in [0.2, 0.25) is 0 Å². The molecule has 0 radical (unpaired) electrons. The molecule has 0 aliphatic carbocycles. The molecule has 0 saturated carbocycles. The molecule has 0 spiro atoms. The molecule has 3 nitrogen and oxygen atoms in total. The van der Waals surface area contributed by atoms with Crippen LogP contribution in [0.3, 0.4) is 0 Å². The zero-order valence-corrected chi connectivity index (χ0v) is 10.4. The molecule has 1 fully saturated rings.